The van der Waals surface area contributed by atoms with Gasteiger partial charge in [-0.2, -0.15) is 4.37 Å². The van der Waals surface area contributed by atoms with Crippen molar-refractivity contribution in [2.45, 2.75) is 0 Å². The Balaban J connectivity index is 2.45. The molecule has 60 valence electrons. The number of rotatable bonds is 1. The molecule has 0 aromatic carbocycles. The van der Waals surface area contributed by atoms with E-state index in [-0.39, 0.29) is 0 Å². The lowest BCUT2D eigenvalue weighted by molar-refractivity contribution is 1.23. The molecule has 3 nitrogen and oxygen atoms in total. The van der Waals surface area contributed by atoms with Crippen molar-refractivity contribution in [1.29, 1.82) is 0 Å². The molecule has 5 heteroatoms. The quantitative estimate of drug-likeness (QED) is 0.755. The molecule has 0 amide bonds. The van der Waals surface area contributed by atoms with Gasteiger partial charge >= 0.3 is 0 Å². The summed E-state index contributed by atoms with van der Waals surface area (Å²) in [6.45, 7) is 0. The van der Waals surface area contributed by atoms with E-state index in [4.69, 9.17) is 0 Å². The molecule has 0 atom stereocenters. The number of nitrogens with zero attached hydrogens (tertiary/aromatic N) is 3. The number of halogens is 1. The van der Waals surface area contributed by atoms with Crippen molar-refractivity contribution in [3.8, 4) is 10.7 Å². The molecule has 0 bridgehead atoms. The predicted octanol–water partition coefficient (Wildman–Crippen LogP) is 2.20. The van der Waals surface area contributed by atoms with Crippen LogP contribution >= 0.6 is 34.1 Å². The first-order valence-corrected chi connectivity index (χ1v) is 5.12. The topological polar surface area (TPSA) is 38.7 Å². The van der Waals surface area contributed by atoms with E-state index in [2.05, 4.69) is 36.9 Å². The molecule has 0 radical (unpaired) electrons. The van der Waals surface area contributed by atoms with Crippen molar-refractivity contribution < 1.29 is 0 Å². The highest BCUT2D eigenvalue weighted by atomic mass is 127. The number of pyridine rings is 1. The van der Waals surface area contributed by atoms with E-state index in [1.807, 2.05) is 18.2 Å². The monoisotopic (exact) mass is 289 g/mol. The minimum absolute atomic E-state index is 0.776. The van der Waals surface area contributed by atoms with Gasteiger partial charge in [0.15, 0.2) is 5.01 Å². The van der Waals surface area contributed by atoms with Gasteiger partial charge in [0, 0.05) is 28.8 Å². The summed E-state index contributed by atoms with van der Waals surface area (Å²) < 4.78 is 4.85. The SMILES string of the molecule is Ic1nsc(-c2ccccn2)n1. The van der Waals surface area contributed by atoms with Crippen molar-refractivity contribution in [2.24, 2.45) is 0 Å². The largest absolute Gasteiger partial charge is 0.254 e. The van der Waals surface area contributed by atoms with Crippen LogP contribution in [-0.2, 0) is 0 Å². The van der Waals surface area contributed by atoms with Crippen LogP contribution in [0.5, 0.6) is 0 Å². The molecule has 0 fully saturated rings. The van der Waals surface area contributed by atoms with Crippen LogP contribution in [0.4, 0.5) is 0 Å². The molecule has 0 saturated heterocycles. The van der Waals surface area contributed by atoms with Crippen LogP contribution in [0.3, 0.4) is 0 Å². The maximum absolute atomic E-state index is 4.21. The second-order valence-electron chi connectivity index (χ2n) is 2.08. The van der Waals surface area contributed by atoms with Crippen LogP contribution in [0.1, 0.15) is 0 Å². The van der Waals surface area contributed by atoms with E-state index in [0.29, 0.717) is 0 Å². The molecule has 0 spiro atoms. The van der Waals surface area contributed by atoms with Gasteiger partial charge < -0.3 is 0 Å². The Labute approximate surface area is 87.2 Å². The standard InChI is InChI=1S/C7H4IN3S/c8-7-10-6(12-11-7)5-3-1-2-4-9-5/h1-4H. The second kappa shape index (κ2) is 3.44. The van der Waals surface area contributed by atoms with E-state index in [0.717, 1.165) is 14.5 Å². The lowest BCUT2D eigenvalue weighted by Crippen LogP contribution is -1.79. The van der Waals surface area contributed by atoms with Gasteiger partial charge in [0.05, 0.1) is 0 Å². The molecule has 0 saturated carbocycles. The zero-order valence-electron chi connectivity index (χ0n) is 5.94. The fraction of sp³-hybridized carbons (Fsp3) is 0. The summed E-state index contributed by atoms with van der Waals surface area (Å²) in [6, 6.07) is 5.75. The normalized spacial score (nSPS) is 10.1. The second-order valence-corrected chi connectivity index (χ2v) is 3.80. The Kier molecular flexibility index (Phi) is 2.31. The Bertz CT molecular complexity index is 373. The molecule has 2 aromatic rings. The van der Waals surface area contributed by atoms with Crippen molar-refractivity contribution in [2.75, 3.05) is 0 Å². The van der Waals surface area contributed by atoms with Crippen LogP contribution < -0.4 is 0 Å². The zero-order chi connectivity index (χ0) is 8.39. The Morgan fingerprint density at radius 3 is 2.83 bits per heavy atom. The molecule has 0 unspecified atom stereocenters. The Hall–Kier alpha value is -0.560. The first-order chi connectivity index (χ1) is 5.86. The van der Waals surface area contributed by atoms with Crippen LogP contribution in [0.15, 0.2) is 24.4 Å². The summed E-state index contributed by atoms with van der Waals surface area (Å²) in [5.74, 6) is 0. The van der Waals surface area contributed by atoms with Gasteiger partial charge in [-0.25, -0.2) is 4.98 Å². The minimum Gasteiger partial charge on any atom is -0.254 e. The highest BCUT2D eigenvalue weighted by Crippen LogP contribution is 2.18. The van der Waals surface area contributed by atoms with Gasteiger partial charge in [-0.05, 0) is 23.7 Å². The summed E-state index contributed by atoms with van der Waals surface area (Å²) >= 11 is 3.46. The van der Waals surface area contributed by atoms with Crippen molar-refractivity contribution in [3.05, 3.63) is 28.2 Å². The highest BCUT2D eigenvalue weighted by Gasteiger charge is 2.03. The zero-order valence-corrected chi connectivity index (χ0v) is 8.91. The third-order valence-corrected chi connectivity index (χ3v) is 2.83. The molecule has 2 rings (SSSR count). The number of aromatic nitrogens is 3. The fourth-order valence-electron chi connectivity index (χ4n) is 0.799. The third-order valence-electron chi connectivity index (χ3n) is 1.29. The third kappa shape index (κ3) is 1.61. The lowest BCUT2D eigenvalue weighted by Gasteiger charge is -1.89. The fourth-order valence-corrected chi connectivity index (χ4v) is 2.04. The van der Waals surface area contributed by atoms with Gasteiger partial charge in [0.25, 0.3) is 0 Å². The van der Waals surface area contributed by atoms with Crippen molar-refractivity contribution in [1.82, 2.24) is 14.3 Å². The summed E-state index contributed by atoms with van der Waals surface area (Å²) in [6.07, 6.45) is 1.75. The molecule has 2 aromatic heterocycles. The van der Waals surface area contributed by atoms with Gasteiger partial charge in [0.1, 0.15) is 5.69 Å². The molecule has 0 aliphatic rings. The first kappa shape index (κ1) is 8.06. The summed E-state index contributed by atoms with van der Waals surface area (Å²) in [5.41, 5.74) is 0.887. The number of hydrogen-bond donors (Lipinski definition) is 0. The van der Waals surface area contributed by atoms with Crippen LogP contribution in [-0.4, -0.2) is 14.3 Å². The average molecular weight is 289 g/mol. The van der Waals surface area contributed by atoms with Gasteiger partial charge in [-0.1, -0.05) is 6.07 Å². The van der Waals surface area contributed by atoms with E-state index in [1.165, 1.54) is 11.5 Å². The predicted molar refractivity (Wildman–Crippen MR) is 55.9 cm³/mol. The maximum Gasteiger partial charge on any atom is 0.203 e. The van der Waals surface area contributed by atoms with Crippen molar-refractivity contribution >= 4 is 34.1 Å². The molecule has 0 N–H and O–H groups in total. The van der Waals surface area contributed by atoms with E-state index >= 15 is 0 Å². The first-order valence-electron chi connectivity index (χ1n) is 3.27. The summed E-state index contributed by atoms with van der Waals surface area (Å²) in [5, 5.41) is 0.875. The molecule has 0 aliphatic carbocycles. The van der Waals surface area contributed by atoms with Crippen LogP contribution in [0, 0.1) is 3.83 Å². The van der Waals surface area contributed by atoms with Crippen LogP contribution in [0.25, 0.3) is 10.7 Å². The van der Waals surface area contributed by atoms with Crippen LogP contribution in [0.2, 0.25) is 0 Å². The van der Waals surface area contributed by atoms with Gasteiger partial charge in [-0.15, -0.1) is 0 Å². The maximum atomic E-state index is 4.21. The Morgan fingerprint density at radius 2 is 2.25 bits per heavy atom. The van der Waals surface area contributed by atoms with E-state index < -0.39 is 0 Å². The summed E-state index contributed by atoms with van der Waals surface area (Å²) in [4.78, 5) is 8.38. The molecule has 0 aliphatic heterocycles. The average Bonchev–Trinajstić information content (AvgIpc) is 2.54. The Morgan fingerprint density at radius 1 is 1.33 bits per heavy atom. The minimum atomic E-state index is 0.776. The molecule has 12 heavy (non-hydrogen) atoms. The van der Waals surface area contributed by atoms with Gasteiger partial charge in [0.2, 0.25) is 3.83 Å². The molecule has 2 heterocycles. The highest BCUT2D eigenvalue weighted by molar-refractivity contribution is 14.1. The molecular formula is C7H4IN3S. The van der Waals surface area contributed by atoms with E-state index in [1.54, 1.807) is 6.20 Å². The van der Waals surface area contributed by atoms with Gasteiger partial charge in [-0.3, -0.25) is 4.98 Å². The van der Waals surface area contributed by atoms with E-state index in [9.17, 15) is 0 Å². The smallest absolute Gasteiger partial charge is 0.203 e. The lowest BCUT2D eigenvalue weighted by atomic mass is 10.4. The molecular weight excluding hydrogens is 285 g/mol. The number of hydrogen-bond acceptors (Lipinski definition) is 4. The summed E-state index contributed by atoms with van der Waals surface area (Å²) in [7, 11) is 0. The van der Waals surface area contributed by atoms with Crippen molar-refractivity contribution in [3.63, 3.8) is 0 Å².